The molecule has 0 spiro atoms. The summed E-state index contributed by atoms with van der Waals surface area (Å²) < 4.78 is 183. The Hall–Kier alpha value is -11.5. The number of carbonyl (C=O) groups is 12. The zero-order chi connectivity index (χ0) is 101. The van der Waals surface area contributed by atoms with Crippen LogP contribution in [0.15, 0.2) is 114 Å². The smallest absolute Gasteiger partial charge is 0.411 e. The number of hydrogen-bond acceptors (Lipinski definition) is 21. The van der Waals surface area contributed by atoms with Crippen molar-refractivity contribution in [3.8, 4) is 0 Å². The van der Waals surface area contributed by atoms with Crippen molar-refractivity contribution in [3.05, 3.63) is 212 Å². The number of carbonyl (C=O) groups excluding carboxylic acids is 10. The number of aliphatic hydroxyl groups excluding tert-OH is 1. The van der Waals surface area contributed by atoms with Gasteiger partial charge in [0, 0.05) is 46.6 Å². The summed E-state index contributed by atoms with van der Waals surface area (Å²) in [6.07, 6.45) is -0.247. The van der Waals surface area contributed by atoms with E-state index in [1.807, 2.05) is 0 Å². The second-order valence-electron chi connectivity index (χ2n) is 36.9. The first kappa shape index (κ1) is 114. The van der Waals surface area contributed by atoms with E-state index in [1.54, 1.807) is 62.3 Å². The number of aldehydes is 1. The molecule has 0 aliphatic carbocycles. The molecule has 0 unspecified atom stereocenters. The quantitative estimate of drug-likeness (QED) is 0.00973. The summed E-state index contributed by atoms with van der Waals surface area (Å²) in [5, 5.41) is 35.7. The lowest BCUT2D eigenvalue weighted by atomic mass is 9.92. The number of halogens is 12. The van der Waals surface area contributed by atoms with Crippen LogP contribution in [0.5, 0.6) is 0 Å². The highest BCUT2D eigenvalue weighted by Crippen LogP contribution is 2.45. The number of aliphatic carboxylic acids is 2. The van der Waals surface area contributed by atoms with Gasteiger partial charge >= 0.3 is 42.2 Å². The number of nitrogens with zero attached hydrogens (tertiary/aromatic N) is 3. The molecule has 6 aromatic rings. The lowest BCUT2D eigenvalue weighted by molar-refractivity contribution is -0.160. The molecule has 0 aromatic heterocycles. The zero-order valence-corrected chi connectivity index (χ0v) is 79.5. The SMILES string of the molecule is CC(=O)[C@@H]1C[C@@H](C(=O)O)[C@H](c2ccc(F)c(F)c2)N1.CC(=O)[C@@H]1C[C@@H](C(=O)O)[C@H](c2ccc(F)c(F)c2)N1C(=O)OC(C)(C)C.CC(=O)[C@@H]1C[C@@H](C(=O)OC(C)(C)C)[C@H](c2ccc(F)c(F)c2)N1.CC(=O)[C@@H]1C[C@@H](NC(=O)OCC[Si](C)(C)C)[C@H](c2ccc(F)c(F)c2)N1C(=O)OC(C)(C)C.COC(=O)CN=Cc1ccc(F)c(F)c1.C[Si](C)(C)CCO.O=Cc1ccc(F)c(F)c1. The molecule has 40 heteroatoms. The van der Waals surface area contributed by atoms with Gasteiger partial charge in [0.2, 0.25) is 0 Å². The van der Waals surface area contributed by atoms with E-state index in [0.717, 1.165) is 89.8 Å². The van der Waals surface area contributed by atoms with E-state index < -0.39 is 223 Å². The first-order valence-electron chi connectivity index (χ1n) is 41.9. The topological polar surface area (TPSA) is 367 Å². The maximum atomic E-state index is 14.1. The molecule has 730 valence electrons. The minimum atomic E-state index is -1.42. The summed E-state index contributed by atoms with van der Waals surface area (Å²) in [4.78, 5) is 148. The molecule has 3 amide bonds. The highest BCUT2D eigenvalue weighted by molar-refractivity contribution is 6.76. The summed E-state index contributed by atoms with van der Waals surface area (Å²) in [6.45, 7) is 34.3. The van der Waals surface area contributed by atoms with Crippen LogP contribution in [0.25, 0.3) is 0 Å². The van der Waals surface area contributed by atoms with Crippen molar-refractivity contribution in [2.45, 2.75) is 238 Å². The average Bonchev–Trinajstić information content (AvgIpc) is 1.61. The van der Waals surface area contributed by atoms with Gasteiger partial charge in [-0.05, 0) is 234 Å². The second-order valence-corrected chi connectivity index (χ2v) is 48.2. The van der Waals surface area contributed by atoms with Crippen LogP contribution in [0.2, 0.25) is 51.4 Å². The number of hydrogen-bond donors (Lipinski definition) is 6. The average molecular weight is 1920 g/mol. The Morgan fingerprint density at radius 3 is 1.16 bits per heavy atom. The maximum absolute atomic E-state index is 14.1. The molecule has 0 radical (unpaired) electrons. The van der Waals surface area contributed by atoms with Gasteiger partial charge in [-0.3, -0.25) is 68.6 Å². The summed E-state index contributed by atoms with van der Waals surface area (Å²) in [5.74, 6) is -19.0. The van der Waals surface area contributed by atoms with E-state index in [-0.39, 0.29) is 72.9 Å². The number of methoxy groups -OCH3 is 1. The van der Waals surface area contributed by atoms with Crippen molar-refractivity contribution >= 4 is 93.9 Å². The molecule has 133 heavy (non-hydrogen) atoms. The molecule has 4 fully saturated rings. The van der Waals surface area contributed by atoms with E-state index in [0.29, 0.717) is 29.6 Å². The van der Waals surface area contributed by atoms with Gasteiger partial charge in [-0.1, -0.05) is 69.6 Å². The molecule has 10 rings (SSSR count). The number of likely N-dealkylation sites (tertiary alicyclic amines) is 2. The number of alkyl carbamates (subject to hydrolysis) is 1. The molecule has 4 aliphatic heterocycles. The summed E-state index contributed by atoms with van der Waals surface area (Å²) >= 11 is 0. The Kier molecular flexibility index (Phi) is 42.8. The van der Waals surface area contributed by atoms with E-state index >= 15 is 0 Å². The van der Waals surface area contributed by atoms with Crippen LogP contribution < -0.4 is 16.0 Å². The van der Waals surface area contributed by atoms with Crippen molar-refractivity contribution in [2.75, 3.05) is 26.9 Å². The van der Waals surface area contributed by atoms with Crippen LogP contribution in [-0.2, 0) is 62.0 Å². The van der Waals surface area contributed by atoms with Crippen LogP contribution in [0.4, 0.5) is 67.1 Å². The van der Waals surface area contributed by atoms with Crippen LogP contribution in [0, 0.1) is 87.6 Å². The lowest BCUT2D eigenvalue weighted by Gasteiger charge is -2.33. The Morgan fingerprint density at radius 1 is 0.451 bits per heavy atom. The van der Waals surface area contributed by atoms with Crippen LogP contribution in [-0.4, -0.2) is 193 Å². The van der Waals surface area contributed by atoms with Crippen LogP contribution in [0.1, 0.15) is 178 Å². The highest BCUT2D eigenvalue weighted by Gasteiger charge is 2.53. The summed E-state index contributed by atoms with van der Waals surface area (Å²) in [6, 6.07) is 13.8. The minimum Gasteiger partial charge on any atom is -0.481 e. The van der Waals surface area contributed by atoms with Gasteiger partial charge in [-0.2, -0.15) is 0 Å². The molecule has 26 nitrogen and oxygen atoms in total. The molecule has 6 aromatic carbocycles. The fraction of sp³-hybridized carbons (Fsp3) is 0.473. The van der Waals surface area contributed by atoms with Gasteiger partial charge in [0.05, 0.1) is 73.8 Å². The van der Waals surface area contributed by atoms with Gasteiger partial charge in [0.15, 0.2) is 81.4 Å². The lowest BCUT2D eigenvalue weighted by Crippen LogP contribution is -2.45. The number of rotatable bonds is 21. The molecule has 0 saturated carbocycles. The largest absolute Gasteiger partial charge is 0.481 e. The number of nitrogens with one attached hydrogen (secondary N) is 3. The number of amides is 3. The zero-order valence-electron chi connectivity index (χ0n) is 77.5. The fourth-order valence-corrected chi connectivity index (χ4v) is 15.0. The van der Waals surface area contributed by atoms with Gasteiger partial charge in [0.1, 0.15) is 41.2 Å². The monoisotopic (exact) mass is 1920 g/mol. The molecule has 4 aliphatic rings. The van der Waals surface area contributed by atoms with Crippen molar-refractivity contribution in [3.63, 3.8) is 0 Å². The number of Topliss-reactive ketones (excluding diaryl/α,β-unsaturated/α-hetero) is 4. The Bertz CT molecular complexity index is 5140. The van der Waals surface area contributed by atoms with Crippen molar-refractivity contribution in [1.29, 1.82) is 0 Å². The van der Waals surface area contributed by atoms with E-state index in [9.17, 15) is 115 Å². The van der Waals surface area contributed by atoms with Crippen molar-refractivity contribution in [1.82, 2.24) is 25.8 Å². The number of aliphatic hydroxyl groups is 1. The van der Waals surface area contributed by atoms with Gasteiger partial charge < -0.3 is 44.3 Å². The Labute approximate surface area is 765 Å². The van der Waals surface area contributed by atoms with E-state index in [2.05, 4.69) is 65.0 Å². The third-order valence-electron chi connectivity index (χ3n) is 20.1. The molecule has 0 bridgehead atoms. The van der Waals surface area contributed by atoms with Crippen molar-refractivity contribution < 1.29 is 149 Å². The van der Waals surface area contributed by atoms with E-state index in [1.165, 1.54) is 82.3 Å². The third-order valence-corrected chi connectivity index (χ3v) is 23.6. The third kappa shape index (κ3) is 36.8. The minimum absolute atomic E-state index is 0.0847. The molecule has 4 heterocycles. The number of carboxylic acid groups (broad SMARTS) is 2. The van der Waals surface area contributed by atoms with E-state index in [4.69, 9.17) is 29.2 Å². The second kappa shape index (κ2) is 50.0. The summed E-state index contributed by atoms with van der Waals surface area (Å²) in [5.41, 5.74) is -0.794. The number of ether oxygens (including phenoxy) is 5. The standard InChI is InChI=1S/C23H34F2N2O5Si.C18H21F2NO5.C17H21F2NO3.C13H13F2NO3.C10H9F2NO2.C7H4F2O.C5H14OSi/c1-14(28)19-13-18(26-21(29)31-10-11-33(5,6)7)20(15-8-9-16(24)17(25)12-15)27(19)22(30)32-23(2,3)4;1-9(22)14-8-11(16(23)24)15(10-5-6-12(19)13(20)7-10)21(14)17(25)26-18(2,3)4;1-9(21)14-8-11(16(22)23-17(2,3)4)15(20-14)10-5-6-12(18)13(19)7-10;1-6(17)11-5-8(13(18)19)12(16-11)7-2-3-9(14)10(15)4-7;1-15-10(14)6-13-5-7-2-3-8(11)9(12)4-7;8-6-2-1-5(4-10)3-7(6)9;1-7(2,3)5-4-6/h8-9,12,18-20H,10-11,13H2,1-7H3,(H,26,29);5-7,11,14-15H,8H2,1-4H3,(H,23,24);5-7,11,14-15,20H,8H2,1-4H3;2-4,8,11-12,16H,5H2,1H3,(H,18,19);2-5H,6H2,1H3;1-4H;6H,4-5H2,1-3H3/t18-,19+,20+;2*11-,14+,15+;8-,11+,12+;;;/m1111.../s1. The number of esters is 2. The Balaban J connectivity index is 0.000000338. The maximum Gasteiger partial charge on any atom is 0.411 e. The predicted molar refractivity (Wildman–Crippen MR) is 471 cm³/mol. The van der Waals surface area contributed by atoms with Crippen LogP contribution in [0.3, 0.4) is 0 Å². The number of carboxylic acids is 2. The number of ketones is 4. The van der Waals surface area contributed by atoms with Gasteiger partial charge in [0.25, 0.3) is 0 Å². The van der Waals surface area contributed by atoms with Crippen LogP contribution >= 0.6 is 0 Å². The van der Waals surface area contributed by atoms with Crippen molar-refractivity contribution in [2.24, 2.45) is 22.7 Å². The molecule has 6 N–H and O–H groups in total. The Morgan fingerprint density at radius 2 is 0.805 bits per heavy atom. The normalized spacial score (nSPS) is 20.2. The molecular formula is C93H116F12N6O20Si2. The van der Waals surface area contributed by atoms with Gasteiger partial charge in [-0.15, -0.1) is 0 Å². The van der Waals surface area contributed by atoms with Gasteiger partial charge in [-0.25, -0.2) is 67.1 Å². The molecular weight excluding hydrogens is 1810 g/mol. The fourth-order valence-electron chi connectivity index (χ4n) is 13.6. The molecule has 12 atom stereocenters. The highest BCUT2D eigenvalue weighted by atomic mass is 28.3. The predicted octanol–water partition coefficient (Wildman–Crippen LogP) is 17.6. The number of aliphatic imine (C=N–C) groups is 1. The first-order valence-corrected chi connectivity index (χ1v) is 49.3. The summed E-state index contributed by atoms with van der Waals surface area (Å²) in [7, 11) is -1.08. The number of benzene rings is 6. The molecule has 4 saturated heterocycles. The first-order chi connectivity index (χ1) is 61.4.